The molecule has 6 rings (SSSR count). The number of carbonyl (C=O) groups excluding carboxylic acids is 2. The molecular weight excluding hydrogens is 484 g/mol. The van der Waals surface area contributed by atoms with Gasteiger partial charge >= 0.3 is 6.09 Å². The summed E-state index contributed by atoms with van der Waals surface area (Å²) >= 11 is 0. The fraction of sp³-hybridized carbons (Fsp3) is 0.556. The number of aromatic nitrogens is 5. The van der Waals surface area contributed by atoms with Crippen molar-refractivity contribution < 1.29 is 14.3 Å². The SMILES string of the molecule is C[C@@H]1CN(c2nc(-c3cnn(C4CCN(C(=O)OC(C)(C)C)C4)c3)cn3nccc23)C(=O)[C@]1(C#N)C1CC1. The van der Waals surface area contributed by atoms with Crippen LogP contribution in [0.5, 0.6) is 0 Å². The van der Waals surface area contributed by atoms with Crippen molar-refractivity contribution in [1.29, 1.82) is 5.26 Å². The molecule has 1 aliphatic carbocycles. The van der Waals surface area contributed by atoms with Crippen LogP contribution in [0.3, 0.4) is 0 Å². The first-order valence-electron chi connectivity index (χ1n) is 13.2. The summed E-state index contributed by atoms with van der Waals surface area (Å²) in [6.45, 7) is 9.14. The standard InChI is InChI=1S/C27H32N8O3/c1-17-12-33(24(36)27(17,16-28)19-5-6-19)23-22-7-9-29-35(22)15-21(31-23)18-11-30-34(13-18)20-8-10-32(14-20)25(37)38-26(2,3)4/h7,9,11,13,15,17,19-20H,5-6,8,10,12,14H2,1-4H3/t17-,20?,27+/m1/s1. The van der Waals surface area contributed by atoms with Crippen LogP contribution in [-0.4, -0.2) is 66.5 Å². The Labute approximate surface area is 221 Å². The van der Waals surface area contributed by atoms with Gasteiger partial charge in [-0.2, -0.15) is 15.5 Å². The molecule has 0 N–H and O–H groups in total. The van der Waals surface area contributed by atoms with Crippen molar-refractivity contribution in [3.8, 4) is 17.3 Å². The zero-order valence-electron chi connectivity index (χ0n) is 22.2. The summed E-state index contributed by atoms with van der Waals surface area (Å²) in [5.41, 5.74) is 0.610. The zero-order valence-corrected chi connectivity index (χ0v) is 22.2. The van der Waals surface area contributed by atoms with Crippen LogP contribution in [0.15, 0.2) is 30.9 Å². The lowest BCUT2D eigenvalue weighted by Gasteiger charge is -2.24. The number of ether oxygens (including phenoxy) is 1. The number of carbonyl (C=O) groups is 2. The Morgan fingerprint density at radius 2 is 1.97 bits per heavy atom. The number of rotatable bonds is 4. The molecule has 0 spiro atoms. The molecule has 5 heterocycles. The molecule has 11 nitrogen and oxygen atoms in total. The van der Waals surface area contributed by atoms with Crippen molar-refractivity contribution in [2.24, 2.45) is 17.3 Å². The molecule has 3 fully saturated rings. The summed E-state index contributed by atoms with van der Waals surface area (Å²) in [5, 5.41) is 19.1. The Balaban J connectivity index is 1.28. The van der Waals surface area contributed by atoms with Gasteiger partial charge in [0.15, 0.2) is 5.82 Å². The quantitative estimate of drug-likeness (QED) is 0.518. The molecule has 1 saturated carbocycles. The molecule has 38 heavy (non-hydrogen) atoms. The molecular formula is C27H32N8O3. The van der Waals surface area contributed by atoms with E-state index in [9.17, 15) is 14.9 Å². The molecule has 3 aliphatic rings. The van der Waals surface area contributed by atoms with Gasteiger partial charge in [-0.25, -0.2) is 14.3 Å². The Kier molecular flexibility index (Phi) is 5.49. The Morgan fingerprint density at radius 3 is 2.68 bits per heavy atom. The van der Waals surface area contributed by atoms with E-state index in [1.54, 1.807) is 26.7 Å². The molecule has 2 amide bonds. The van der Waals surface area contributed by atoms with Crippen LogP contribution in [0.2, 0.25) is 0 Å². The number of amides is 2. The molecule has 198 valence electrons. The Morgan fingerprint density at radius 1 is 1.18 bits per heavy atom. The summed E-state index contributed by atoms with van der Waals surface area (Å²) < 4.78 is 9.10. The minimum atomic E-state index is -0.984. The number of nitrogens with zero attached hydrogens (tertiary/aromatic N) is 8. The highest BCUT2D eigenvalue weighted by Crippen LogP contribution is 2.54. The van der Waals surface area contributed by atoms with Crippen LogP contribution in [0.1, 0.15) is 53.0 Å². The summed E-state index contributed by atoms with van der Waals surface area (Å²) in [7, 11) is 0. The van der Waals surface area contributed by atoms with Crippen LogP contribution in [0, 0.1) is 28.6 Å². The van der Waals surface area contributed by atoms with Gasteiger partial charge in [-0.1, -0.05) is 6.92 Å². The predicted molar refractivity (Wildman–Crippen MR) is 138 cm³/mol. The van der Waals surface area contributed by atoms with E-state index in [1.165, 1.54) is 0 Å². The van der Waals surface area contributed by atoms with E-state index < -0.39 is 11.0 Å². The van der Waals surface area contributed by atoms with Crippen molar-refractivity contribution in [2.75, 3.05) is 24.5 Å². The number of likely N-dealkylation sites (tertiary alicyclic amines) is 1. The molecule has 2 saturated heterocycles. The van der Waals surface area contributed by atoms with Gasteiger partial charge in [-0.3, -0.25) is 14.4 Å². The largest absolute Gasteiger partial charge is 0.444 e. The third-order valence-electron chi connectivity index (χ3n) is 7.95. The molecule has 3 aromatic rings. The van der Waals surface area contributed by atoms with E-state index in [2.05, 4.69) is 16.3 Å². The minimum absolute atomic E-state index is 0.0277. The highest BCUT2D eigenvalue weighted by molar-refractivity contribution is 6.04. The summed E-state index contributed by atoms with van der Waals surface area (Å²) in [5.74, 6) is 0.388. The average molecular weight is 517 g/mol. The second kappa shape index (κ2) is 8.55. The van der Waals surface area contributed by atoms with Crippen molar-refractivity contribution in [1.82, 2.24) is 29.3 Å². The first-order valence-corrected chi connectivity index (χ1v) is 13.2. The maximum Gasteiger partial charge on any atom is 0.410 e. The van der Waals surface area contributed by atoms with Crippen molar-refractivity contribution in [3.05, 3.63) is 30.9 Å². The fourth-order valence-corrected chi connectivity index (χ4v) is 5.85. The fourth-order valence-electron chi connectivity index (χ4n) is 5.85. The number of fused-ring (bicyclic) bond motifs is 1. The third-order valence-corrected chi connectivity index (χ3v) is 7.95. The molecule has 2 aliphatic heterocycles. The number of nitriles is 1. The summed E-state index contributed by atoms with van der Waals surface area (Å²) in [6, 6.07) is 4.26. The first-order chi connectivity index (χ1) is 18.1. The van der Waals surface area contributed by atoms with E-state index in [1.807, 2.05) is 50.8 Å². The third kappa shape index (κ3) is 3.90. The zero-order chi connectivity index (χ0) is 26.8. The average Bonchev–Trinajstić information content (AvgIpc) is 3.26. The van der Waals surface area contributed by atoms with E-state index >= 15 is 0 Å². The molecule has 0 aromatic carbocycles. The van der Waals surface area contributed by atoms with Crippen molar-refractivity contribution >= 4 is 23.3 Å². The summed E-state index contributed by atoms with van der Waals surface area (Å²) in [4.78, 5) is 34.5. The first kappa shape index (κ1) is 24.4. The van der Waals surface area contributed by atoms with Crippen molar-refractivity contribution in [2.45, 2.75) is 58.6 Å². The number of anilines is 1. The lowest BCUT2D eigenvalue weighted by molar-refractivity contribution is -0.124. The Bertz CT molecular complexity index is 1460. The van der Waals surface area contributed by atoms with Crippen LogP contribution in [-0.2, 0) is 9.53 Å². The lowest BCUT2D eigenvalue weighted by Crippen LogP contribution is -2.37. The second-order valence-corrected chi connectivity index (χ2v) is 11.8. The van der Waals surface area contributed by atoms with Crippen LogP contribution in [0.25, 0.3) is 16.8 Å². The van der Waals surface area contributed by atoms with Crippen LogP contribution < -0.4 is 4.90 Å². The van der Waals surface area contributed by atoms with Gasteiger partial charge in [0.25, 0.3) is 0 Å². The molecule has 11 heteroatoms. The highest BCUT2D eigenvalue weighted by Gasteiger charge is 2.61. The van der Waals surface area contributed by atoms with Crippen LogP contribution >= 0.6 is 0 Å². The van der Waals surface area contributed by atoms with Gasteiger partial charge in [0.05, 0.1) is 36.4 Å². The minimum Gasteiger partial charge on any atom is -0.444 e. The van der Waals surface area contributed by atoms with Gasteiger partial charge in [0.2, 0.25) is 5.91 Å². The van der Waals surface area contributed by atoms with Crippen LogP contribution in [0.4, 0.5) is 10.6 Å². The van der Waals surface area contributed by atoms with Gasteiger partial charge in [0, 0.05) is 37.3 Å². The van der Waals surface area contributed by atoms with Gasteiger partial charge < -0.3 is 9.64 Å². The molecule has 0 bridgehead atoms. The normalized spacial score (nSPS) is 25.8. The number of hydrogen-bond donors (Lipinski definition) is 0. The van der Waals surface area contributed by atoms with Gasteiger partial charge in [-0.15, -0.1) is 0 Å². The second-order valence-electron chi connectivity index (χ2n) is 11.8. The summed E-state index contributed by atoms with van der Waals surface area (Å²) in [6.07, 6.45) is 9.46. The van der Waals surface area contributed by atoms with E-state index in [0.29, 0.717) is 31.1 Å². The van der Waals surface area contributed by atoms with E-state index in [4.69, 9.17) is 9.72 Å². The van der Waals surface area contributed by atoms with E-state index in [-0.39, 0.29) is 29.9 Å². The molecule has 3 aromatic heterocycles. The molecule has 1 unspecified atom stereocenters. The maximum absolute atomic E-state index is 13.7. The smallest absolute Gasteiger partial charge is 0.410 e. The monoisotopic (exact) mass is 516 g/mol. The van der Waals surface area contributed by atoms with Crippen molar-refractivity contribution in [3.63, 3.8) is 0 Å². The highest BCUT2D eigenvalue weighted by atomic mass is 16.6. The molecule has 0 radical (unpaired) electrons. The lowest BCUT2D eigenvalue weighted by atomic mass is 9.75. The Hall–Kier alpha value is -3.94. The van der Waals surface area contributed by atoms with Gasteiger partial charge in [-0.05, 0) is 52.0 Å². The predicted octanol–water partition coefficient (Wildman–Crippen LogP) is 3.68. The maximum atomic E-state index is 13.7. The number of hydrogen-bond acceptors (Lipinski definition) is 7. The topological polar surface area (TPSA) is 122 Å². The molecule has 3 atom stereocenters. The van der Waals surface area contributed by atoms with E-state index in [0.717, 1.165) is 30.3 Å². The van der Waals surface area contributed by atoms with Gasteiger partial charge in [0.1, 0.15) is 16.5 Å².